The van der Waals surface area contributed by atoms with Gasteiger partial charge in [0.05, 0.1) is 11.4 Å². The number of nitrogens with one attached hydrogen (secondary N) is 1. The first-order chi connectivity index (χ1) is 7.27. The maximum atomic E-state index is 5.00. The van der Waals surface area contributed by atoms with Gasteiger partial charge in [-0.25, -0.2) is 0 Å². The third-order valence-corrected chi connectivity index (χ3v) is 2.82. The number of thiocarbonyl (C=S) groups is 1. The van der Waals surface area contributed by atoms with Crippen LogP contribution in [-0.2, 0) is 0 Å². The van der Waals surface area contributed by atoms with Gasteiger partial charge in [0.25, 0.3) is 0 Å². The van der Waals surface area contributed by atoms with Gasteiger partial charge in [0.1, 0.15) is 0 Å². The van der Waals surface area contributed by atoms with Gasteiger partial charge in [-0.15, -0.1) is 0 Å². The van der Waals surface area contributed by atoms with E-state index in [1.165, 1.54) is 11.8 Å². The van der Waals surface area contributed by atoms with E-state index in [2.05, 4.69) is 15.5 Å². The molecule has 0 aliphatic heterocycles. The SMILES string of the molecule is CC/C(=N\NC(=S)SC)c1ccccn1. The highest BCUT2D eigenvalue weighted by Crippen LogP contribution is 2.01. The summed E-state index contributed by atoms with van der Waals surface area (Å²) in [6.45, 7) is 2.04. The molecule has 0 aliphatic carbocycles. The molecule has 1 aromatic rings. The van der Waals surface area contributed by atoms with Crippen LogP contribution in [0.3, 0.4) is 0 Å². The normalized spacial score (nSPS) is 11.2. The fourth-order valence-corrected chi connectivity index (χ4v) is 1.19. The molecule has 5 heteroatoms. The molecule has 0 aliphatic rings. The molecule has 0 bridgehead atoms. The Balaban J connectivity index is 2.76. The van der Waals surface area contributed by atoms with Gasteiger partial charge >= 0.3 is 0 Å². The van der Waals surface area contributed by atoms with Crippen LogP contribution in [0.5, 0.6) is 0 Å². The van der Waals surface area contributed by atoms with Crippen molar-refractivity contribution in [3.05, 3.63) is 30.1 Å². The second-order valence-electron chi connectivity index (χ2n) is 2.73. The van der Waals surface area contributed by atoms with Gasteiger partial charge in [-0.1, -0.05) is 37.0 Å². The quantitative estimate of drug-likeness (QED) is 0.499. The molecule has 1 N–H and O–H groups in total. The highest BCUT2D eigenvalue weighted by Gasteiger charge is 2.01. The zero-order valence-electron chi connectivity index (χ0n) is 8.73. The third kappa shape index (κ3) is 3.97. The summed E-state index contributed by atoms with van der Waals surface area (Å²) in [5, 5.41) is 4.23. The molecule has 0 amide bonds. The first-order valence-electron chi connectivity index (χ1n) is 4.59. The van der Waals surface area contributed by atoms with E-state index in [1.54, 1.807) is 6.20 Å². The van der Waals surface area contributed by atoms with Crippen LogP contribution in [0.25, 0.3) is 0 Å². The van der Waals surface area contributed by atoms with Crippen molar-refractivity contribution in [2.75, 3.05) is 6.26 Å². The lowest BCUT2D eigenvalue weighted by Crippen LogP contribution is -2.15. The van der Waals surface area contributed by atoms with Crippen LogP contribution >= 0.6 is 24.0 Å². The molecule has 0 radical (unpaired) electrons. The maximum Gasteiger partial charge on any atom is 0.153 e. The van der Waals surface area contributed by atoms with Crippen LogP contribution in [0.1, 0.15) is 19.0 Å². The molecule has 0 spiro atoms. The lowest BCUT2D eigenvalue weighted by molar-refractivity contribution is 1.03. The van der Waals surface area contributed by atoms with Crippen LogP contribution < -0.4 is 5.43 Å². The van der Waals surface area contributed by atoms with Crippen molar-refractivity contribution in [1.29, 1.82) is 0 Å². The number of aromatic nitrogens is 1. The molecule has 1 heterocycles. The summed E-state index contributed by atoms with van der Waals surface area (Å²) in [7, 11) is 0. The molecule has 0 unspecified atom stereocenters. The smallest absolute Gasteiger partial charge is 0.153 e. The van der Waals surface area contributed by atoms with E-state index in [9.17, 15) is 0 Å². The lowest BCUT2D eigenvalue weighted by atomic mass is 10.2. The van der Waals surface area contributed by atoms with Crippen molar-refractivity contribution < 1.29 is 0 Å². The minimum absolute atomic E-state index is 0.664. The van der Waals surface area contributed by atoms with Gasteiger partial charge in [-0.05, 0) is 24.8 Å². The van der Waals surface area contributed by atoms with Gasteiger partial charge in [0, 0.05) is 6.20 Å². The average Bonchev–Trinajstić information content (AvgIpc) is 2.31. The molecule has 80 valence electrons. The van der Waals surface area contributed by atoms with E-state index < -0.39 is 0 Å². The summed E-state index contributed by atoms with van der Waals surface area (Å²) in [6.07, 6.45) is 4.49. The Labute approximate surface area is 99.4 Å². The van der Waals surface area contributed by atoms with E-state index in [1.807, 2.05) is 31.4 Å². The van der Waals surface area contributed by atoms with Crippen LogP contribution in [0.15, 0.2) is 29.5 Å². The van der Waals surface area contributed by atoms with Gasteiger partial charge < -0.3 is 0 Å². The topological polar surface area (TPSA) is 37.3 Å². The highest BCUT2D eigenvalue weighted by atomic mass is 32.2. The van der Waals surface area contributed by atoms with Crippen molar-refractivity contribution in [3.63, 3.8) is 0 Å². The third-order valence-electron chi connectivity index (χ3n) is 1.76. The largest absolute Gasteiger partial charge is 0.262 e. The molecule has 0 saturated heterocycles. The molecule has 0 saturated carbocycles. The minimum atomic E-state index is 0.664. The van der Waals surface area contributed by atoms with Gasteiger partial charge in [0.2, 0.25) is 0 Å². The lowest BCUT2D eigenvalue weighted by Gasteiger charge is -2.03. The first-order valence-corrected chi connectivity index (χ1v) is 6.23. The Bertz CT molecular complexity index is 349. The predicted molar refractivity (Wildman–Crippen MR) is 70.3 cm³/mol. The fraction of sp³-hybridized carbons (Fsp3) is 0.300. The van der Waals surface area contributed by atoms with E-state index >= 15 is 0 Å². The molecule has 0 fully saturated rings. The van der Waals surface area contributed by atoms with Crippen molar-refractivity contribution in [1.82, 2.24) is 10.4 Å². The molecule has 3 nitrogen and oxygen atoms in total. The van der Waals surface area contributed by atoms with E-state index in [0.717, 1.165) is 17.8 Å². The predicted octanol–water partition coefficient (Wildman–Crippen LogP) is 2.43. The summed E-state index contributed by atoms with van der Waals surface area (Å²) in [5.41, 5.74) is 4.62. The molecule has 0 aromatic carbocycles. The fourth-order valence-electron chi connectivity index (χ4n) is 1.01. The second-order valence-corrected chi connectivity index (χ2v) is 4.21. The Morgan fingerprint density at radius 2 is 2.40 bits per heavy atom. The van der Waals surface area contributed by atoms with E-state index in [0.29, 0.717) is 4.32 Å². The number of hydrogen-bond acceptors (Lipinski definition) is 4. The van der Waals surface area contributed by atoms with E-state index in [4.69, 9.17) is 12.2 Å². The van der Waals surface area contributed by atoms with Gasteiger partial charge in [-0.2, -0.15) is 5.10 Å². The minimum Gasteiger partial charge on any atom is -0.262 e. The monoisotopic (exact) mass is 239 g/mol. The van der Waals surface area contributed by atoms with Crippen LogP contribution in [-0.4, -0.2) is 21.3 Å². The van der Waals surface area contributed by atoms with Crippen molar-refractivity contribution in [3.8, 4) is 0 Å². The zero-order chi connectivity index (χ0) is 11.1. The summed E-state index contributed by atoms with van der Waals surface area (Å²) in [4.78, 5) is 4.23. The van der Waals surface area contributed by atoms with Crippen molar-refractivity contribution in [2.24, 2.45) is 5.10 Å². The number of hydrogen-bond donors (Lipinski definition) is 1. The van der Waals surface area contributed by atoms with Gasteiger partial charge in [-0.3, -0.25) is 10.4 Å². The van der Waals surface area contributed by atoms with Gasteiger partial charge in [0.15, 0.2) is 4.32 Å². The summed E-state index contributed by atoms with van der Waals surface area (Å²) in [5.74, 6) is 0. The Kier molecular flexibility index (Phi) is 5.28. The van der Waals surface area contributed by atoms with Crippen molar-refractivity contribution >= 4 is 34.0 Å². The number of hydrazone groups is 1. The highest BCUT2D eigenvalue weighted by molar-refractivity contribution is 8.22. The van der Waals surface area contributed by atoms with E-state index in [-0.39, 0.29) is 0 Å². The Morgan fingerprint density at radius 1 is 1.60 bits per heavy atom. The number of pyridine rings is 1. The molecule has 1 rings (SSSR count). The first kappa shape index (κ1) is 12.1. The maximum absolute atomic E-state index is 5.00. The van der Waals surface area contributed by atoms with Crippen LogP contribution in [0.4, 0.5) is 0 Å². The average molecular weight is 239 g/mol. The standard InChI is InChI=1S/C10H13N3S2/c1-3-8(12-13-10(14)15-2)9-6-4-5-7-11-9/h4-7H,3H2,1-2H3,(H,13,14)/b12-8+. The summed E-state index contributed by atoms with van der Waals surface area (Å²) >= 11 is 6.46. The van der Waals surface area contributed by atoms with Crippen LogP contribution in [0.2, 0.25) is 0 Å². The molecule has 1 aromatic heterocycles. The van der Waals surface area contributed by atoms with Crippen LogP contribution in [0, 0.1) is 0 Å². The number of thioether (sulfide) groups is 1. The number of rotatable bonds is 3. The van der Waals surface area contributed by atoms with Crippen molar-refractivity contribution in [2.45, 2.75) is 13.3 Å². The summed E-state index contributed by atoms with van der Waals surface area (Å²) in [6, 6.07) is 5.77. The molecular formula is C10H13N3S2. The molecule has 15 heavy (non-hydrogen) atoms. The molecular weight excluding hydrogens is 226 g/mol. The number of nitrogens with zero attached hydrogens (tertiary/aromatic N) is 2. The zero-order valence-corrected chi connectivity index (χ0v) is 10.4. The Hall–Kier alpha value is -0.940. The summed E-state index contributed by atoms with van der Waals surface area (Å²) < 4.78 is 0.664. The molecule has 0 atom stereocenters. The Morgan fingerprint density at radius 3 is 2.93 bits per heavy atom. The second kappa shape index (κ2) is 6.53.